The molecule has 0 spiro atoms. The fraction of sp³-hybridized carbons (Fsp3) is 0.200. The zero-order chi connectivity index (χ0) is 15.6. The van der Waals surface area contributed by atoms with Crippen LogP contribution in [0.5, 0.6) is 5.75 Å². The molecule has 0 aliphatic rings. The molecule has 0 N–H and O–H groups in total. The minimum absolute atomic E-state index is 0.00405. The van der Waals surface area contributed by atoms with Crippen molar-refractivity contribution in [3.05, 3.63) is 58.1 Å². The first-order valence-electron chi connectivity index (χ1n) is 6.20. The van der Waals surface area contributed by atoms with E-state index >= 15 is 0 Å². The number of rotatable bonds is 4. The summed E-state index contributed by atoms with van der Waals surface area (Å²) in [6.45, 7) is 3.83. The van der Waals surface area contributed by atoms with Crippen LogP contribution in [0.2, 0.25) is 5.02 Å². The lowest BCUT2D eigenvalue weighted by Gasteiger charge is -2.13. The van der Waals surface area contributed by atoms with Gasteiger partial charge >= 0.3 is 0 Å². The van der Waals surface area contributed by atoms with Crippen molar-refractivity contribution in [2.45, 2.75) is 25.3 Å². The molecule has 0 aromatic heterocycles. The molecule has 6 heteroatoms. The largest absolute Gasteiger partial charge is 0.487 e. The van der Waals surface area contributed by atoms with Crippen LogP contribution in [0.3, 0.4) is 0 Å². The van der Waals surface area contributed by atoms with E-state index < -0.39 is 9.05 Å². The lowest BCUT2D eigenvalue weighted by atomic mass is 10.1. The monoisotopic (exact) mass is 344 g/mol. The van der Waals surface area contributed by atoms with E-state index in [0.29, 0.717) is 5.02 Å². The number of ether oxygens (including phenoxy) is 1. The maximum Gasteiger partial charge on any atom is 0.265 e. The molecule has 0 saturated heterocycles. The second-order valence-electron chi connectivity index (χ2n) is 4.76. The highest BCUT2D eigenvalue weighted by Gasteiger charge is 2.19. The van der Waals surface area contributed by atoms with Gasteiger partial charge in [-0.05, 0) is 48.7 Å². The van der Waals surface area contributed by atoms with Gasteiger partial charge in [0.25, 0.3) is 9.05 Å². The zero-order valence-electron chi connectivity index (χ0n) is 11.6. The van der Waals surface area contributed by atoms with Crippen molar-refractivity contribution in [3.63, 3.8) is 0 Å². The van der Waals surface area contributed by atoms with Crippen LogP contribution in [0.15, 0.2) is 41.3 Å². The van der Waals surface area contributed by atoms with Crippen molar-refractivity contribution in [3.8, 4) is 5.75 Å². The molecular weight excluding hydrogens is 331 g/mol. The average molecular weight is 345 g/mol. The first-order chi connectivity index (χ1) is 9.77. The lowest BCUT2D eigenvalue weighted by Crippen LogP contribution is -2.03. The van der Waals surface area contributed by atoms with Gasteiger partial charge in [-0.2, -0.15) is 0 Å². The molecule has 0 unspecified atom stereocenters. The number of halogens is 2. The SMILES string of the molecule is Cc1cc(C)c(OCc2ccc(Cl)cc2)c(S(=O)(=O)Cl)c1. The highest BCUT2D eigenvalue weighted by molar-refractivity contribution is 8.13. The molecule has 0 bridgehead atoms. The number of hydrogen-bond acceptors (Lipinski definition) is 3. The Hall–Kier alpha value is -1.23. The maximum atomic E-state index is 11.7. The van der Waals surface area contributed by atoms with E-state index in [0.717, 1.165) is 16.7 Å². The molecule has 3 nitrogen and oxygen atoms in total. The second-order valence-corrected chi connectivity index (χ2v) is 7.73. The molecule has 0 heterocycles. The summed E-state index contributed by atoms with van der Waals surface area (Å²) in [7, 11) is 1.62. The summed E-state index contributed by atoms with van der Waals surface area (Å²) in [5.41, 5.74) is 2.42. The lowest BCUT2D eigenvalue weighted by molar-refractivity contribution is 0.296. The van der Waals surface area contributed by atoms with E-state index in [4.69, 9.17) is 27.0 Å². The molecule has 2 aromatic carbocycles. The van der Waals surface area contributed by atoms with Crippen LogP contribution in [0.4, 0.5) is 0 Å². The van der Waals surface area contributed by atoms with E-state index in [2.05, 4.69) is 0 Å². The molecule has 0 radical (unpaired) electrons. The third-order valence-corrected chi connectivity index (χ3v) is 4.52. The van der Waals surface area contributed by atoms with Gasteiger partial charge in [-0.3, -0.25) is 0 Å². The zero-order valence-corrected chi connectivity index (χ0v) is 13.9. The first kappa shape index (κ1) is 16.1. The van der Waals surface area contributed by atoms with Crippen LogP contribution in [-0.2, 0) is 15.7 Å². The Morgan fingerprint density at radius 3 is 2.29 bits per heavy atom. The van der Waals surface area contributed by atoms with E-state index in [1.165, 1.54) is 6.07 Å². The molecule has 0 saturated carbocycles. The van der Waals surface area contributed by atoms with E-state index in [-0.39, 0.29) is 17.3 Å². The number of benzene rings is 2. The second kappa shape index (κ2) is 6.26. The topological polar surface area (TPSA) is 43.4 Å². The molecule has 112 valence electrons. The fourth-order valence-electron chi connectivity index (χ4n) is 2.02. The van der Waals surface area contributed by atoms with E-state index in [1.54, 1.807) is 19.1 Å². The van der Waals surface area contributed by atoms with Gasteiger partial charge in [-0.25, -0.2) is 8.42 Å². The summed E-state index contributed by atoms with van der Waals surface area (Å²) in [6.07, 6.45) is 0. The quantitative estimate of drug-likeness (QED) is 0.768. The van der Waals surface area contributed by atoms with Crippen molar-refractivity contribution in [1.29, 1.82) is 0 Å². The number of hydrogen-bond donors (Lipinski definition) is 0. The summed E-state index contributed by atoms with van der Waals surface area (Å²) >= 11 is 5.82. The van der Waals surface area contributed by atoms with E-state index in [1.807, 2.05) is 25.1 Å². The Labute approximate surface area is 133 Å². The van der Waals surface area contributed by atoms with Crippen LogP contribution in [0.25, 0.3) is 0 Å². The summed E-state index contributed by atoms with van der Waals surface area (Å²) in [6, 6.07) is 10.5. The van der Waals surface area contributed by atoms with Crippen LogP contribution in [-0.4, -0.2) is 8.42 Å². The van der Waals surface area contributed by atoms with E-state index in [9.17, 15) is 8.42 Å². The Kier molecular flexibility index (Phi) is 4.81. The fourth-order valence-corrected chi connectivity index (χ4v) is 3.26. The maximum absolute atomic E-state index is 11.7. The Morgan fingerprint density at radius 2 is 1.71 bits per heavy atom. The predicted molar refractivity (Wildman–Crippen MR) is 84.7 cm³/mol. The molecule has 0 fully saturated rings. The van der Waals surface area contributed by atoms with Gasteiger partial charge in [0.2, 0.25) is 0 Å². The highest BCUT2D eigenvalue weighted by Crippen LogP contribution is 2.32. The Bertz CT molecular complexity index is 753. The highest BCUT2D eigenvalue weighted by atomic mass is 35.7. The summed E-state index contributed by atoms with van der Waals surface area (Å²) in [5, 5.41) is 0.634. The minimum Gasteiger partial charge on any atom is -0.487 e. The van der Waals surface area contributed by atoms with Crippen molar-refractivity contribution in [2.24, 2.45) is 0 Å². The predicted octanol–water partition coefficient (Wildman–Crippen LogP) is 4.46. The number of aryl methyl sites for hydroxylation is 2. The molecule has 0 aliphatic heterocycles. The molecule has 2 aromatic rings. The molecular formula is C15H14Cl2O3S. The van der Waals surface area contributed by atoms with Crippen molar-refractivity contribution in [1.82, 2.24) is 0 Å². The van der Waals surface area contributed by atoms with Gasteiger partial charge in [-0.1, -0.05) is 29.8 Å². The average Bonchev–Trinajstić information content (AvgIpc) is 2.38. The van der Waals surface area contributed by atoms with Crippen LogP contribution in [0, 0.1) is 13.8 Å². The smallest absolute Gasteiger partial charge is 0.265 e. The van der Waals surface area contributed by atoms with Crippen molar-refractivity contribution >= 4 is 31.3 Å². The van der Waals surface area contributed by atoms with Gasteiger partial charge in [0.15, 0.2) is 0 Å². The summed E-state index contributed by atoms with van der Waals surface area (Å²) < 4.78 is 29.0. The molecule has 21 heavy (non-hydrogen) atoms. The summed E-state index contributed by atoms with van der Waals surface area (Å²) in [4.78, 5) is -0.00405. The third kappa shape index (κ3) is 4.13. The van der Waals surface area contributed by atoms with Crippen LogP contribution in [0.1, 0.15) is 16.7 Å². The normalized spacial score (nSPS) is 11.4. The van der Waals surface area contributed by atoms with Crippen molar-refractivity contribution < 1.29 is 13.2 Å². The van der Waals surface area contributed by atoms with Crippen molar-refractivity contribution in [2.75, 3.05) is 0 Å². The van der Waals surface area contributed by atoms with Gasteiger partial charge in [0.05, 0.1) is 0 Å². The van der Waals surface area contributed by atoms with Gasteiger partial charge in [-0.15, -0.1) is 0 Å². The Morgan fingerprint density at radius 1 is 1.10 bits per heavy atom. The third-order valence-electron chi connectivity index (χ3n) is 2.94. The molecule has 0 atom stereocenters. The minimum atomic E-state index is -3.86. The first-order valence-corrected chi connectivity index (χ1v) is 8.89. The standard InChI is InChI=1S/C15H14Cl2O3S/c1-10-7-11(2)15(14(8-10)21(17,18)19)20-9-12-3-5-13(16)6-4-12/h3-8H,9H2,1-2H3. The Balaban J connectivity index is 2.33. The molecule has 2 rings (SSSR count). The van der Waals surface area contributed by atoms with Gasteiger partial charge in [0.1, 0.15) is 17.3 Å². The van der Waals surface area contributed by atoms with Gasteiger partial charge < -0.3 is 4.74 Å². The van der Waals surface area contributed by atoms with Crippen LogP contribution >= 0.6 is 22.3 Å². The molecule has 0 aliphatic carbocycles. The summed E-state index contributed by atoms with van der Waals surface area (Å²) in [5.74, 6) is 0.283. The van der Waals surface area contributed by atoms with Gasteiger partial charge in [0, 0.05) is 15.7 Å². The van der Waals surface area contributed by atoms with Crippen LogP contribution < -0.4 is 4.74 Å². The molecule has 0 amide bonds.